The van der Waals surface area contributed by atoms with Crippen LogP contribution in [0.25, 0.3) is 10.8 Å². The van der Waals surface area contributed by atoms with E-state index in [9.17, 15) is 8.42 Å². The van der Waals surface area contributed by atoms with E-state index in [0.29, 0.717) is 5.39 Å². The van der Waals surface area contributed by atoms with Crippen LogP contribution in [0.5, 0.6) is 0 Å². The Morgan fingerprint density at radius 3 is 2.86 bits per heavy atom. The van der Waals surface area contributed by atoms with Crippen molar-refractivity contribution in [1.29, 1.82) is 0 Å². The molecule has 2 aromatic heterocycles. The van der Waals surface area contributed by atoms with E-state index in [1.807, 2.05) is 13.0 Å². The molecule has 108 valence electrons. The van der Waals surface area contributed by atoms with Crippen molar-refractivity contribution < 1.29 is 8.42 Å². The molecule has 0 saturated heterocycles. The van der Waals surface area contributed by atoms with Crippen LogP contribution in [-0.2, 0) is 16.6 Å². The van der Waals surface area contributed by atoms with E-state index in [1.165, 1.54) is 0 Å². The fourth-order valence-electron chi connectivity index (χ4n) is 2.13. The molecule has 1 aromatic carbocycles. The Balaban J connectivity index is 1.95. The summed E-state index contributed by atoms with van der Waals surface area (Å²) < 4.78 is 27.6. The summed E-state index contributed by atoms with van der Waals surface area (Å²) in [4.78, 5) is 4.26. The summed E-state index contributed by atoms with van der Waals surface area (Å²) in [6.45, 7) is 2.05. The number of sulfonamides is 1. The number of hydrogen-bond donors (Lipinski definition) is 2. The largest absolute Gasteiger partial charge is 0.283 e. The van der Waals surface area contributed by atoms with Gasteiger partial charge in [-0.25, -0.2) is 13.1 Å². The number of pyridine rings is 1. The number of aromatic nitrogens is 3. The third kappa shape index (κ3) is 2.65. The van der Waals surface area contributed by atoms with Crippen LogP contribution in [-0.4, -0.2) is 23.6 Å². The third-order valence-electron chi connectivity index (χ3n) is 3.32. The molecule has 0 bridgehead atoms. The van der Waals surface area contributed by atoms with E-state index in [4.69, 9.17) is 0 Å². The number of aryl methyl sites for hydroxylation is 1. The number of hydrogen-bond acceptors (Lipinski definition) is 4. The van der Waals surface area contributed by atoms with E-state index in [2.05, 4.69) is 19.9 Å². The molecule has 0 aliphatic heterocycles. The molecular formula is C14H14N4O2S. The number of rotatable bonds is 4. The Labute approximate surface area is 122 Å². The highest BCUT2D eigenvalue weighted by Gasteiger charge is 2.17. The van der Waals surface area contributed by atoms with Gasteiger partial charge in [0.05, 0.1) is 11.1 Å². The van der Waals surface area contributed by atoms with Crippen LogP contribution >= 0.6 is 0 Å². The SMILES string of the molecule is Cc1[nH]ncc1CNS(=O)(=O)c1cccc2cnccc12. The lowest BCUT2D eigenvalue weighted by Crippen LogP contribution is -2.23. The van der Waals surface area contributed by atoms with Gasteiger partial charge in [0.15, 0.2) is 0 Å². The van der Waals surface area contributed by atoms with Crippen LogP contribution < -0.4 is 4.72 Å². The molecule has 3 rings (SSSR count). The van der Waals surface area contributed by atoms with Gasteiger partial charge in [-0.2, -0.15) is 5.10 Å². The van der Waals surface area contributed by atoms with E-state index in [-0.39, 0.29) is 11.4 Å². The number of nitrogens with zero attached hydrogens (tertiary/aromatic N) is 2. The van der Waals surface area contributed by atoms with Gasteiger partial charge >= 0.3 is 0 Å². The molecule has 0 unspecified atom stereocenters. The molecule has 0 radical (unpaired) electrons. The molecule has 6 nitrogen and oxygen atoms in total. The van der Waals surface area contributed by atoms with Crippen molar-refractivity contribution in [3.8, 4) is 0 Å². The smallest absolute Gasteiger partial charge is 0.241 e. The maximum atomic E-state index is 12.5. The van der Waals surface area contributed by atoms with Gasteiger partial charge in [0.25, 0.3) is 0 Å². The lowest BCUT2D eigenvalue weighted by molar-refractivity contribution is 0.582. The molecule has 7 heteroatoms. The molecule has 3 aromatic rings. The molecular weight excluding hydrogens is 288 g/mol. The highest BCUT2D eigenvalue weighted by atomic mass is 32.2. The summed E-state index contributed by atoms with van der Waals surface area (Å²) in [5.41, 5.74) is 1.67. The zero-order valence-electron chi connectivity index (χ0n) is 11.4. The van der Waals surface area contributed by atoms with Crippen LogP contribution in [0.2, 0.25) is 0 Å². The molecule has 21 heavy (non-hydrogen) atoms. The lowest BCUT2D eigenvalue weighted by atomic mass is 10.2. The fraction of sp³-hybridized carbons (Fsp3) is 0.143. The first kappa shape index (κ1) is 13.7. The van der Waals surface area contributed by atoms with Gasteiger partial charge < -0.3 is 0 Å². The van der Waals surface area contributed by atoms with E-state index < -0.39 is 10.0 Å². The maximum Gasteiger partial charge on any atom is 0.241 e. The van der Waals surface area contributed by atoms with Crippen LogP contribution in [0, 0.1) is 6.92 Å². The van der Waals surface area contributed by atoms with Gasteiger partial charge in [-0.15, -0.1) is 0 Å². The van der Waals surface area contributed by atoms with Gasteiger partial charge in [0.2, 0.25) is 10.0 Å². The average molecular weight is 302 g/mol. The minimum absolute atomic E-state index is 0.201. The number of nitrogens with one attached hydrogen (secondary N) is 2. The highest BCUT2D eigenvalue weighted by molar-refractivity contribution is 7.89. The van der Waals surface area contributed by atoms with Crippen molar-refractivity contribution in [2.45, 2.75) is 18.4 Å². The van der Waals surface area contributed by atoms with Gasteiger partial charge in [0, 0.05) is 41.0 Å². The van der Waals surface area contributed by atoms with E-state index in [0.717, 1.165) is 16.6 Å². The van der Waals surface area contributed by atoms with E-state index >= 15 is 0 Å². The third-order valence-corrected chi connectivity index (χ3v) is 4.78. The molecule has 0 aliphatic rings. The molecule has 0 fully saturated rings. The predicted molar refractivity (Wildman–Crippen MR) is 79.1 cm³/mol. The Morgan fingerprint density at radius 2 is 2.10 bits per heavy atom. The average Bonchev–Trinajstić information content (AvgIpc) is 2.90. The van der Waals surface area contributed by atoms with Crippen LogP contribution in [0.1, 0.15) is 11.3 Å². The minimum Gasteiger partial charge on any atom is -0.283 e. The second-order valence-corrected chi connectivity index (χ2v) is 6.43. The molecule has 0 saturated carbocycles. The van der Waals surface area contributed by atoms with Gasteiger partial charge in [-0.05, 0) is 19.1 Å². The summed E-state index contributed by atoms with van der Waals surface area (Å²) in [7, 11) is -3.60. The van der Waals surface area contributed by atoms with Crippen molar-refractivity contribution in [2.75, 3.05) is 0 Å². The van der Waals surface area contributed by atoms with Crippen molar-refractivity contribution in [3.63, 3.8) is 0 Å². The molecule has 2 N–H and O–H groups in total. The van der Waals surface area contributed by atoms with Gasteiger partial charge in [0.1, 0.15) is 0 Å². The highest BCUT2D eigenvalue weighted by Crippen LogP contribution is 2.22. The van der Waals surface area contributed by atoms with Crippen LogP contribution in [0.15, 0.2) is 47.8 Å². The monoisotopic (exact) mass is 302 g/mol. The van der Waals surface area contributed by atoms with Crippen molar-refractivity contribution in [2.24, 2.45) is 0 Å². The first-order valence-corrected chi connectivity index (χ1v) is 7.87. The topological polar surface area (TPSA) is 87.7 Å². The molecule has 0 aliphatic carbocycles. The minimum atomic E-state index is -3.60. The second kappa shape index (κ2) is 5.27. The zero-order chi connectivity index (χ0) is 14.9. The Kier molecular flexibility index (Phi) is 3.44. The molecule has 2 heterocycles. The van der Waals surface area contributed by atoms with E-state index in [1.54, 1.807) is 36.8 Å². The van der Waals surface area contributed by atoms with Crippen molar-refractivity contribution in [3.05, 3.63) is 54.1 Å². The number of fused-ring (bicyclic) bond motifs is 1. The summed E-state index contributed by atoms with van der Waals surface area (Å²) in [5, 5.41) is 8.11. The number of benzene rings is 1. The second-order valence-electron chi connectivity index (χ2n) is 4.70. The number of H-pyrrole nitrogens is 1. The predicted octanol–water partition coefficient (Wildman–Crippen LogP) is 1.74. The standard InChI is InChI=1S/C14H14N4O2S/c1-10-12(8-16-18-10)9-17-21(19,20)14-4-2-3-11-7-15-6-5-13(11)14/h2-8,17H,9H2,1H3,(H,16,18). The van der Waals surface area contributed by atoms with Crippen molar-refractivity contribution >= 4 is 20.8 Å². The molecule has 0 spiro atoms. The summed E-state index contributed by atoms with van der Waals surface area (Å²) in [6, 6.07) is 6.84. The maximum absolute atomic E-state index is 12.5. The number of aromatic amines is 1. The van der Waals surface area contributed by atoms with Crippen molar-refractivity contribution in [1.82, 2.24) is 19.9 Å². The van der Waals surface area contributed by atoms with Crippen LogP contribution in [0.4, 0.5) is 0 Å². The fourth-order valence-corrected chi connectivity index (χ4v) is 3.37. The summed E-state index contributed by atoms with van der Waals surface area (Å²) in [5.74, 6) is 0. The van der Waals surface area contributed by atoms with Gasteiger partial charge in [-0.1, -0.05) is 12.1 Å². The summed E-state index contributed by atoms with van der Waals surface area (Å²) in [6.07, 6.45) is 4.85. The normalized spacial score (nSPS) is 11.9. The van der Waals surface area contributed by atoms with Crippen LogP contribution in [0.3, 0.4) is 0 Å². The molecule has 0 amide bonds. The Bertz CT molecular complexity index is 881. The molecule has 0 atom stereocenters. The lowest BCUT2D eigenvalue weighted by Gasteiger charge is -2.09. The quantitative estimate of drug-likeness (QED) is 0.768. The Hall–Kier alpha value is -2.25. The Morgan fingerprint density at radius 1 is 1.24 bits per heavy atom. The first-order valence-electron chi connectivity index (χ1n) is 6.39. The first-order chi connectivity index (χ1) is 10.1. The van der Waals surface area contributed by atoms with Gasteiger partial charge in [-0.3, -0.25) is 10.1 Å². The summed E-state index contributed by atoms with van der Waals surface area (Å²) >= 11 is 0. The zero-order valence-corrected chi connectivity index (χ0v) is 12.2.